The maximum absolute atomic E-state index is 13.0. The molecule has 1 heterocycles. The number of ether oxygens (including phenoxy) is 3. The molecule has 30 heavy (non-hydrogen) atoms. The van der Waals surface area contributed by atoms with Crippen molar-refractivity contribution in [3.63, 3.8) is 0 Å². The lowest BCUT2D eigenvalue weighted by molar-refractivity contribution is -0.140. The van der Waals surface area contributed by atoms with E-state index in [1.54, 1.807) is 56.5 Å². The van der Waals surface area contributed by atoms with Crippen molar-refractivity contribution in [2.24, 2.45) is 0 Å². The molecule has 0 spiro atoms. The van der Waals surface area contributed by atoms with Crippen LogP contribution in [0, 0.1) is 6.92 Å². The quantitative estimate of drug-likeness (QED) is 0.428. The zero-order valence-corrected chi connectivity index (χ0v) is 17.5. The first kappa shape index (κ1) is 21.4. The molecule has 7 heteroatoms. The van der Waals surface area contributed by atoms with E-state index in [-0.39, 0.29) is 24.5 Å². The molecule has 1 aliphatic heterocycles. The van der Waals surface area contributed by atoms with Crippen LogP contribution in [-0.4, -0.2) is 56.2 Å². The number of benzene rings is 2. The van der Waals surface area contributed by atoms with Crippen LogP contribution in [0.1, 0.15) is 22.7 Å². The monoisotopic (exact) mass is 411 g/mol. The first-order chi connectivity index (χ1) is 14.4. The Morgan fingerprint density at radius 2 is 1.80 bits per heavy atom. The SMILES string of the molecule is COCCN1C(=O)C(=O)C(=C(O)c2ccc(OC)cc2C)[C@H]1c1ccccc1OC. The van der Waals surface area contributed by atoms with E-state index in [0.717, 1.165) is 0 Å². The second kappa shape index (κ2) is 9.00. The number of nitrogens with zero attached hydrogens (tertiary/aromatic N) is 1. The van der Waals surface area contributed by atoms with Gasteiger partial charge in [-0.15, -0.1) is 0 Å². The van der Waals surface area contributed by atoms with Gasteiger partial charge in [-0.3, -0.25) is 9.59 Å². The van der Waals surface area contributed by atoms with Crippen molar-refractivity contribution in [3.05, 3.63) is 64.7 Å². The third kappa shape index (κ3) is 3.76. The number of aliphatic hydroxyl groups is 1. The van der Waals surface area contributed by atoms with Gasteiger partial charge in [0.1, 0.15) is 17.3 Å². The molecule has 0 bridgehead atoms. The average molecular weight is 411 g/mol. The molecule has 1 atom stereocenters. The lowest BCUT2D eigenvalue weighted by atomic mass is 9.93. The highest BCUT2D eigenvalue weighted by Crippen LogP contribution is 2.42. The first-order valence-electron chi connectivity index (χ1n) is 9.49. The fourth-order valence-electron chi connectivity index (χ4n) is 3.69. The molecule has 1 saturated heterocycles. The topological polar surface area (TPSA) is 85.3 Å². The van der Waals surface area contributed by atoms with Gasteiger partial charge in [0.05, 0.1) is 32.4 Å². The normalized spacial score (nSPS) is 18.0. The number of hydrogen-bond acceptors (Lipinski definition) is 6. The molecule has 0 radical (unpaired) electrons. The second-order valence-electron chi connectivity index (χ2n) is 6.91. The Balaban J connectivity index is 2.22. The minimum absolute atomic E-state index is 0.0221. The lowest BCUT2D eigenvalue weighted by Gasteiger charge is -2.26. The first-order valence-corrected chi connectivity index (χ1v) is 9.49. The summed E-state index contributed by atoms with van der Waals surface area (Å²) in [6.45, 7) is 2.25. The molecule has 3 rings (SSSR count). The highest BCUT2D eigenvalue weighted by molar-refractivity contribution is 6.46. The van der Waals surface area contributed by atoms with E-state index in [2.05, 4.69) is 0 Å². The summed E-state index contributed by atoms with van der Waals surface area (Å²) in [6, 6.07) is 11.5. The highest BCUT2D eigenvalue weighted by Gasteiger charge is 2.46. The van der Waals surface area contributed by atoms with Crippen LogP contribution in [0.3, 0.4) is 0 Å². The molecule has 1 amide bonds. The Hall–Kier alpha value is -3.32. The smallest absolute Gasteiger partial charge is 0.295 e. The summed E-state index contributed by atoms with van der Waals surface area (Å²) in [4.78, 5) is 27.2. The Labute approximate surface area is 175 Å². The van der Waals surface area contributed by atoms with Gasteiger partial charge in [-0.2, -0.15) is 0 Å². The molecule has 0 saturated carbocycles. The number of methoxy groups -OCH3 is 3. The van der Waals surface area contributed by atoms with Gasteiger partial charge in [-0.05, 0) is 36.8 Å². The minimum Gasteiger partial charge on any atom is -0.507 e. The van der Waals surface area contributed by atoms with Gasteiger partial charge in [0, 0.05) is 24.8 Å². The number of rotatable bonds is 7. The van der Waals surface area contributed by atoms with Crippen LogP contribution in [0.5, 0.6) is 11.5 Å². The van der Waals surface area contributed by atoms with Crippen molar-refractivity contribution in [2.75, 3.05) is 34.5 Å². The summed E-state index contributed by atoms with van der Waals surface area (Å²) in [7, 11) is 4.60. The summed E-state index contributed by atoms with van der Waals surface area (Å²) in [5, 5.41) is 11.2. The molecule has 1 N–H and O–H groups in total. The molecule has 1 aliphatic rings. The number of para-hydroxylation sites is 1. The lowest BCUT2D eigenvalue weighted by Crippen LogP contribution is -2.32. The van der Waals surface area contributed by atoms with E-state index in [9.17, 15) is 14.7 Å². The predicted molar refractivity (Wildman–Crippen MR) is 112 cm³/mol. The molecule has 2 aromatic carbocycles. The Kier molecular flexibility index (Phi) is 6.42. The number of carbonyl (C=O) groups is 2. The van der Waals surface area contributed by atoms with Gasteiger partial charge in [0.15, 0.2) is 0 Å². The maximum Gasteiger partial charge on any atom is 0.295 e. The number of ketones is 1. The van der Waals surface area contributed by atoms with Crippen LogP contribution >= 0.6 is 0 Å². The fraction of sp³-hybridized carbons (Fsp3) is 0.304. The molecular formula is C23H25NO6. The van der Waals surface area contributed by atoms with E-state index in [4.69, 9.17) is 14.2 Å². The van der Waals surface area contributed by atoms with Crippen molar-refractivity contribution < 1.29 is 28.9 Å². The van der Waals surface area contributed by atoms with Crippen molar-refractivity contribution >= 4 is 17.4 Å². The van der Waals surface area contributed by atoms with E-state index in [0.29, 0.717) is 28.2 Å². The number of hydrogen-bond donors (Lipinski definition) is 1. The number of amides is 1. The van der Waals surface area contributed by atoms with Gasteiger partial charge < -0.3 is 24.2 Å². The summed E-state index contributed by atoms with van der Waals surface area (Å²) >= 11 is 0. The zero-order chi connectivity index (χ0) is 21.8. The van der Waals surface area contributed by atoms with Gasteiger partial charge >= 0.3 is 0 Å². The molecule has 0 unspecified atom stereocenters. The third-order valence-corrected chi connectivity index (χ3v) is 5.20. The van der Waals surface area contributed by atoms with Gasteiger partial charge in [0.25, 0.3) is 11.7 Å². The van der Waals surface area contributed by atoms with Gasteiger partial charge in [0.2, 0.25) is 0 Å². The van der Waals surface area contributed by atoms with Crippen molar-refractivity contribution in [3.8, 4) is 11.5 Å². The molecule has 0 aliphatic carbocycles. The number of carbonyl (C=O) groups excluding carboxylic acids is 2. The number of aryl methyl sites for hydroxylation is 1. The average Bonchev–Trinajstić information content (AvgIpc) is 3.01. The third-order valence-electron chi connectivity index (χ3n) is 5.20. The summed E-state index contributed by atoms with van der Waals surface area (Å²) < 4.78 is 15.8. The van der Waals surface area contributed by atoms with Crippen LogP contribution < -0.4 is 9.47 Å². The standard InChI is InChI=1S/C23H25NO6/c1-14-13-15(29-3)9-10-16(14)21(25)19-20(17-7-5-6-8-18(17)30-4)24(11-12-28-2)23(27)22(19)26/h5-10,13,20,25H,11-12H2,1-4H3/t20-/m1/s1. The molecular weight excluding hydrogens is 386 g/mol. The van der Waals surface area contributed by atoms with Crippen molar-refractivity contribution in [2.45, 2.75) is 13.0 Å². The summed E-state index contributed by atoms with van der Waals surface area (Å²) in [5.74, 6) is -0.509. The van der Waals surface area contributed by atoms with E-state index >= 15 is 0 Å². The molecule has 2 aromatic rings. The largest absolute Gasteiger partial charge is 0.507 e. The van der Waals surface area contributed by atoms with E-state index < -0.39 is 17.7 Å². The second-order valence-corrected chi connectivity index (χ2v) is 6.91. The molecule has 0 aromatic heterocycles. The van der Waals surface area contributed by atoms with Crippen LogP contribution in [0.4, 0.5) is 0 Å². The van der Waals surface area contributed by atoms with Crippen molar-refractivity contribution in [1.82, 2.24) is 4.90 Å². The van der Waals surface area contributed by atoms with Crippen LogP contribution in [-0.2, 0) is 14.3 Å². The highest BCUT2D eigenvalue weighted by atomic mass is 16.5. The van der Waals surface area contributed by atoms with E-state index in [1.807, 2.05) is 0 Å². The fourth-order valence-corrected chi connectivity index (χ4v) is 3.69. The molecule has 158 valence electrons. The maximum atomic E-state index is 13.0. The minimum atomic E-state index is -0.794. The number of aliphatic hydroxyl groups excluding tert-OH is 1. The predicted octanol–water partition coefficient (Wildman–Crippen LogP) is 3.08. The van der Waals surface area contributed by atoms with Crippen LogP contribution in [0.2, 0.25) is 0 Å². The summed E-state index contributed by atoms with van der Waals surface area (Å²) in [6.07, 6.45) is 0. The summed E-state index contributed by atoms with van der Waals surface area (Å²) in [5.41, 5.74) is 1.81. The number of Topliss-reactive ketones (excluding diaryl/α,β-unsaturated/α-hetero) is 1. The van der Waals surface area contributed by atoms with Crippen LogP contribution in [0.15, 0.2) is 48.0 Å². The van der Waals surface area contributed by atoms with Gasteiger partial charge in [-0.25, -0.2) is 0 Å². The number of likely N-dealkylation sites (tertiary alicyclic amines) is 1. The van der Waals surface area contributed by atoms with E-state index in [1.165, 1.54) is 19.1 Å². The zero-order valence-electron chi connectivity index (χ0n) is 17.5. The molecule has 1 fully saturated rings. The van der Waals surface area contributed by atoms with Crippen molar-refractivity contribution in [1.29, 1.82) is 0 Å². The van der Waals surface area contributed by atoms with Gasteiger partial charge in [-0.1, -0.05) is 18.2 Å². The molecule has 7 nitrogen and oxygen atoms in total. The Morgan fingerprint density at radius 3 is 2.43 bits per heavy atom. The van der Waals surface area contributed by atoms with Crippen LogP contribution in [0.25, 0.3) is 5.76 Å². The Morgan fingerprint density at radius 1 is 1.07 bits per heavy atom. The Bertz CT molecular complexity index is 997.